The predicted octanol–water partition coefficient (Wildman–Crippen LogP) is 3.68. The summed E-state index contributed by atoms with van der Waals surface area (Å²) in [5, 5.41) is 3.87. The number of amides is 1. The molecule has 0 aromatic heterocycles. The smallest absolute Gasteiger partial charge is 0.253 e. The van der Waals surface area contributed by atoms with Crippen molar-refractivity contribution < 1.29 is 4.79 Å². The number of nitrogens with one attached hydrogen (secondary N) is 1. The lowest BCUT2D eigenvalue weighted by atomic mass is 10.1. The molecule has 0 radical (unpaired) electrons. The fraction of sp³-hybridized carbons (Fsp3) is 0.188. The molecule has 2 rings (SSSR count). The minimum absolute atomic E-state index is 0.0695. The highest BCUT2D eigenvalue weighted by molar-refractivity contribution is 6.31. The maximum Gasteiger partial charge on any atom is 0.253 e. The average molecular weight is 304 g/mol. The fourth-order valence-electron chi connectivity index (χ4n) is 1.88. The number of aryl methyl sites for hydroxylation is 1. The Bertz CT molecular complexity index is 683. The van der Waals surface area contributed by atoms with Gasteiger partial charge in [-0.05, 0) is 42.8 Å². The lowest BCUT2D eigenvalue weighted by molar-refractivity contribution is 0.0827. The van der Waals surface area contributed by atoms with Gasteiger partial charge in [0.2, 0.25) is 0 Å². The normalized spacial score (nSPS) is 10.3. The van der Waals surface area contributed by atoms with Gasteiger partial charge < -0.3 is 16.0 Å². The number of hydrogen-bond donors (Lipinski definition) is 2. The van der Waals surface area contributed by atoms with Crippen LogP contribution in [0.15, 0.2) is 36.4 Å². The first kappa shape index (κ1) is 15.2. The van der Waals surface area contributed by atoms with Crippen molar-refractivity contribution in [2.24, 2.45) is 0 Å². The second-order valence-corrected chi connectivity index (χ2v) is 5.50. The van der Waals surface area contributed by atoms with Crippen LogP contribution in [0.5, 0.6) is 0 Å². The lowest BCUT2D eigenvalue weighted by Crippen LogP contribution is -2.21. The molecule has 0 saturated heterocycles. The number of carbonyl (C=O) groups excluding carboxylic acids is 1. The van der Waals surface area contributed by atoms with E-state index in [9.17, 15) is 4.79 Å². The van der Waals surface area contributed by atoms with Gasteiger partial charge in [0.25, 0.3) is 5.91 Å². The van der Waals surface area contributed by atoms with Crippen LogP contribution in [0.2, 0.25) is 5.02 Å². The van der Waals surface area contributed by atoms with Gasteiger partial charge in [0.15, 0.2) is 0 Å². The lowest BCUT2D eigenvalue weighted by Gasteiger charge is -2.14. The summed E-state index contributed by atoms with van der Waals surface area (Å²) in [7, 11) is 3.43. The molecular weight excluding hydrogens is 286 g/mol. The van der Waals surface area contributed by atoms with Crippen LogP contribution in [0.3, 0.4) is 0 Å². The zero-order valence-corrected chi connectivity index (χ0v) is 13.0. The van der Waals surface area contributed by atoms with Gasteiger partial charge in [-0.25, -0.2) is 0 Å². The van der Waals surface area contributed by atoms with Crippen LogP contribution in [0.4, 0.5) is 17.1 Å². The minimum Gasteiger partial charge on any atom is -0.397 e. The Kier molecular flexibility index (Phi) is 4.38. The largest absolute Gasteiger partial charge is 0.397 e. The van der Waals surface area contributed by atoms with Crippen LogP contribution in [0, 0.1) is 6.92 Å². The van der Waals surface area contributed by atoms with Crippen LogP contribution in [-0.2, 0) is 0 Å². The van der Waals surface area contributed by atoms with E-state index in [1.807, 2.05) is 25.1 Å². The molecule has 110 valence electrons. The highest BCUT2D eigenvalue weighted by Crippen LogP contribution is 2.27. The first-order valence-corrected chi connectivity index (χ1v) is 6.90. The molecule has 0 aliphatic rings. The number of nitrogen functional groups attached to an aromatic ring is 1. The second-order valence-electron chi connectivity index (χ2n) is 5.09. The van der Waals surface area contributed by atoms with Crippen molar-refractivity contribution in [2.75, 3.05) is 25.1 Å². The molecule has 2 aromatic rings. The Balaban J connectivity index is 2.32. The van der Waals surface area contributed by atoms with E-state index < -0.39 is 0 Å². The van der Waals surface area contributed by atoms with Crippen molar-refractivity contribution in [1.82, 2.24) is 4.90 Å². The Morgan fingerprint density at radius 1 is 1.19 bits per heavy atom. The summed E-state index contributed by atoms with van der Waals surface area (Å²) >= 11 is 6.11. The third-order valence-electron chi connectivity index (χ3n) is 3.16. The van der Waals surface area contributed by atoms with Crippen molar-refractivity contribution in [3.05, 3.63) is 52.5 Å². The van der Waals surface area contributed by atoms with E-state index >= 15 is 0 Å². The molecule has 1 amide bonds. The van der Waals surface area contributed by atoms with Crippen molar-refractivity contribution >= 4 is 34.6 Å². The number of carbonyl (C=O) groups is 1. The quantitative estimate of drug-likeness (QED) is 0.850. The van der Waals surface area contributed by atoms with Crippen LogP contribution in [0.25, 0.3) is 0 Å². The Labute approximate surface area is 129 Å². The van der Waals surface area contributed by atoms with Crippen LogP contribution in [0.1, 0.15) is 15.9 Å². The zero-order valence-electron chi connectivity index (χ0n) is 12.3. The Morgan fingerprint density at radius 2 is 1.90 bits per heavy atom. The molecule has 21 heavy (non-hydrogen) atoms. The second kappa shape index (κ2) is 6.06. The molecule has 4 nitrogen and oxygen atoms in total. The number of anilines is 3. The molecule has 0 saturated carbocycles. The van der Waals surface area contributed by atoms with E-state index in [1.165, 1.54) is 4.90 Å². The highest BCUT2D eigenvalue weighted by Gasteiger charge is 2.10. The summed E-state index contributed by atoms with van der Waals surface area (Å²) < 4.78 is 0. The number of nitrogens with zero attached hydrogens (tertiary/aromatic N) is 1. The fourth-order valence-corrected chi connectivity index (χ4v) is 2.06. The van der Waals surface area contributed by atoms with Crippen molar-refractivity contribution in [2.45, 2.75) is 6.92 Å². The predicted molar refractivity (Wildman–Crippen MR) is 88.3 cm³/mol. The summed E-state index contributed by atoms with van der Waals surface area (Å²) in [6, 6.07) is 10.8. The number of rotatable bonds is 3. The molecule has 2 aromatic carbocycles. The molecule has 0 aliphatic heterocycles. The first-order valence-electron chi connectivity index (χ1n) is 6.53. The molecule has 3 N–H and O–H groups in total. The molecule has 0 atom stereocenters. The molecule has 0 heterocycles. The van der Waals surface area contributed by atoms with Gasteiger partial charge in [0.05, 0.1) is 11.4 Å². The molecular formula is C16H18ClN3O. The van der Waals surface area contributed by atoms with Crippen LogP contribution in [-0.4, -0.2) is 24.9 Å². The molecule has 0 unspecified atom stereocenters. The minimum atomic E-state index is -0.0695. The van der Waals surface area contributed by atoms with Crippen molar-refractivity contribution in [1.29, 1.82) is 0 Å². The van der Waals surface area contributed by atoms with E-state index in [2.05, 4.69) is 5.32 Å². The molecule has 0 aliphatic carbocycles. The van der Waals surface area contributed by atoms with Gasteiger partial charge in [-0.15, -0.1) is 0 Å². The van der Waals surface area contributed by atoms with Gasteiger partial charge in [-0.1, -0.05) is 17.7 Å². The number of halogens is 1. The maximum absolute atomic E-state index is 12.0. The SMILES string of the molecule is Cc1ccc(Nc2cc(C(=O)N(C)C)ccc2N)cc1Cl. The van der Waals surface area contributed by atoms with E-state index in [-0.39, 0.29) is 5.91 Å². The molecule has 0 bridgehead atoms. The monoisotopic (exact) mass is 303 g/mol. The van der Waals surface area contributed by atoms with Gasteiger partial charge in [0, 0.05) is 30.4 Å². The van der Waals surface area contributed by atoms with E-state index in [4.69, 9.17) is 17.3 Å². The summed E-state index contributed by atoms with van der Waals surface area (Å²) in [5.41, 5.74) is 9.63. The average Bonchev–Trinajstić information content (AvgIpc) is 2.44. The zero-order chi connectivity index (χ0) is 15.6. The highest BCUT2D eigenvalue weighted by atomic mass is 35.5. The standard InChI is InChI=1S/C16H18ClN3O/c1-10-4-6-12(9-13(10)17)19-15-8-11(5-7-14(15)18)16(21)20(2)3/h4-9,19H,18H2,1-3H3. The summed E-state index contributed by atoms with van der Waals surface area (Å²) in [5.74, 6) is -0.0695. The van der Waals surface area contributed by atoms with Gasteiger partial charge in [-0.2, -0.15) is 0 Å². The Hall–Kier alpha value is -2.20. The number of benzene rings is 2. The van der Waals surface area contributed by atoms with E-state index in [0.29, 0.717) is 22.0 Å². The van der Waals surface area contributed by atoms with Gasteiger partial charge in [-0.3, -0.25) is 4.79 Å². The number of nitrogens with two attached hydrogens (primary N) is 1. The summed E-state index contributed by atoms with van der Waals surface area (Å²) in [6.45, 7) is 1.94. The topological polar surface area (TPSA) is 58.4 Å². The third kappa shape index (κ3) is 3.47. The summed E-state index contributed by atoms with van der Waals surface area (Å²) in [4.78, 5) is 13.5. The Morgan fingerprint density at radius 3 is 2.52 bits per heavy atom. The maximum atomic E-state index is 12.0. The van der Waals surface area contributed by atoms with Crippen molar-refractivity contribution in [3.63, 3.8) is 0 Å². The van der Waals surface area contributed by atoms with Crippen LogP contribution < -0.4 is 11.1 Å². The first-order chi connectivity index (χ1) is 9.88. The molecule has 0 fully saturated rings. The van der Waals surface area contributed by atoms with Gasteiger partial charge >= 0.3 is 0 Å². The van der Waals surface area contributed by atoms with E-state index in [0.717, 1.165) is 11.3 Å². The number of hydrogen-bond acceptors (Lipinski definition) is 3. The van der Waals surface area contributed by atoms with Crippen molar-refractivity contribution in [3.8, 4) is 0 Å². The molecule has 0 spiro atoms. The van der Waals surface area contributed by atoms with E-state index in [1.54, 1.807) is 32.3 Å². The summed E-state index contributed by atoms with van der Waals surface area (Å²) in [6.07, 6.45) is 0. The molecule has 5 heteroatoms. The van der Waals surface area contributed by atoms with Gasteiger partial charge in [0.1, 0.15) is 0 Å². The van der Waals surface area contributed by atoms with Crippen LogP contribution >= 0.6 is 11.6 Å². The third-order valence-corrected chi connectivity index (χ3v) is 3.56.